The minimum Gasteiger partial charge on any atom is -0.507 e. The standard InChI is InChI=1S/C25H34O3.C21H26O3.C18H16O5.C14H12O3/c1-2-3-4-5-6-7-8-9-10-14-19-28-22-17-18-23(24(26)20-22)25(27)21-15-12-11-13-16-21;1-2-3-4-5-6-10-15-24-18-13-14-19(20(22)16-18)21(23)17-11-8-7-9-12-17;1-2-17(20)23-11-10-22-14-8-9-15(16(19)12-14)18(21)13-6-4-3-5-7-13;1-17-11-7-8-12(13(15)9-11)14(16)10-5-3-2-4-6-10/h11-13,15-18,20,26H,2-10,14,19H2,1H3;7-9,11-14,16,22H,2-6,10,15H2,1H3;2-9,12,19H,1,10-11H2;2-9,15H,1H3. The van der Waals surface area contributed by atoms with Crippen molar-refractivity contribution < 1.29 is 68.1 Å². The number of carbonyl (C=O) groups excluding carboxylic acids is 5. The highest BCUT2D eigenvalue weighted by Crippen LogP contribution is 2.30. The summed E-state index contributed by atoms with van der Waals surface area (Å²) >= 11 is 0. The zero-order chi connectivity index (χ0) is 66.1. The molecule has 0 aliphatic carbocycles. The topological polar surface area (TPSA) is 212 Å². The van der Waals surface area contributed by atoms with Gasteiger partial charge in [0.2, 0.25) is 0 Å². The summed E-state index contributed by atoms with van der Waals surface area (Å²) in [6, 6.07) is 54.3. The van der Waals surface area contributed by atoms with Crippen molar-refractivity contribution in [2.24, 2.45) is 0 Å². The third-order valence-corrected chi connectivity index (χ3v) is 14.5. The maximum absolute atomic E-state index is 12.4. The number of hydrogen-bond acceptors (Lipinski definition) is 14. The molecule has 0 amide bonds. The Hall–Kier alpha value is -9.95. The fraction of sp³-hybridized carbons (Fsp3) is 0.295. The number of phenols is 4. The summed E-state index contributed by atoms with van der Waals surface area (Å²) in [5.74, 6) is 0.435. The third kappa shape index (κ3) is 25.9. The van der Waals surface area contributed by atoms with E-state index < -0.39 is 5.97 Å². The van der Waals surface area contributed by atoms with Gasteiger partial charge in [-0.2, -0.15) is 0 Å². The summed E-state index contributed by atoms with van der Waals surface area (Å²) in [5, 5.41) is 40.1. The first-order chi connectivity index (χ1) is 44.8. The summed E-state index contributed by atoms with van der Waals surface area (Å²) in [4.78, 5) is 60.0. The van der Waals surface area contributed by atoms with Crippen molar-refractivity contribution in [3.63, 3.8) is 0 Å². The van der Waals surface area contributed by atoms with Crippen molar-refractivity contribution in [3.05, 3.63) is 251 Å². The highest BCUT2D eigenvalue weighted by Gasteiger charge is 2.18. The molecule has 8 aromatic rings. The van der Waals surface area contributed by atoms with E-state index in [1.807, 2.05) is 48.5 Å². The molecule has 0 aliphatic heterocycles. The molecule has 14 heteroatoms. The van der Waals surface area contributed by atoms with E-state index >= 15 is 0 Å². The Kier molecular flexibility index (Phi) is 33.3. The molecule has 0 radical (unpaired) electrons. The van der Waals surface area contributed by atoms with Gasteiger partial charge in [0.15, 0.2) is 23.1 Å². The predicted octanol–water partition coefficient (Wildman–Crippen LogP) is 17.6. The van der Waals surface area contributed by atoms with E-state index in [2.05, 4.69) is 20.4 Å². The number of benzene rings is 8. The fourth-order valence-corrected chi connectivity index (χ4v) is 9.40. The van der Waals surface area contributed by atoms with Crippen molar-refractivity contribution in [2.75, 3.05) is 33.5 Å². The predicted molar refractivity (Wildman–Crippen MR) is 361 cm³/mol. The van der Waals surface area contributed by atoms with Crippen LogP contribution in [0.25, 0.3) is 0 Å². The Morgan fingerprint density at radius 2 is 0.598 bits per heavy atom. The van der Waals surface area contributed by atoms with E-state index in [1.54, 1.807) is 115 Å². The zero-order valence-electron chi connectivity index (χ0n) is 53.3. The van der Waals surface area contributed by atoms with Crippen molar-refractivity contribution in [3.8, 4) is 46.0 Å². The lowest BCUT2D eigenvalue weighted by Crippen LogP contribution is -2.10. The summed E-state index contributed by atoms with van der Waals surface area (Å²) in [6.07, 6.45) is 21.2. The van der Waals surface area contributed by atoms with Gasteiger partial charge in [-0.05, 0) is 61.4 Å². The molecule has 0 spiro atoms. The Bertz CT molecular complexity index is 3490. The van der Waals surface area contributed by atoms with Crippen molar-refractivity contribution in [1.82, 2.24) is 0 Å². The van der Waals surface area contributed by atoms with Crippen LogP contribution in [0.1, 0.15) is 180 Å². The molecular formula is C78H88O14. The molecule has 0 bridgehead atoms. The molecule has 4 N–H and O–H groups in total. The smallest absolute Gasteiger partial charge is 0.330 e. The Morgan fingerprint density at radius 3 is 0.870 bits per heavy atom. The molecule has 92 heavy (non-hydrogen) atoms. The van der Waals surface area contributed by atoms with Gasteiger partial charge in [-0.1, -0.05) is 232 Å². The van der Waals surface area contributed by atoms with E-state index in [1.165, 1.54) is 121 Å². The number of unbranched alkanes of at least 4 members (excludes halogenated alkanes) is 14. The highest BCUT2D eigenvalue weighted by atomic mass is 16.6. The van der Waals surface area contributed by atoms with Gasteiger partial charge in [0, 0.05) is 52.6 Å². The molecule has 0 heterocycles. The van der Waals surface area contributed by atoms with Crippen LogP contribution in [0.3, 0.4) is 0 Å². The van der Waals surface area contributed by atoms with Crippen molar-refractivity contribution in [2.45, 2.75) is 117 Å². The van der Waals surface area contributed by atoms with Gasteiger partial charge in [-0.3, -0.25) is 19.2 Å². The Labute approximate surface area is 542 Å². The Morgan fingerprint density at radius 1 is 0.337 bits per heavy atom. The molecule has 0 saturated carbocycles. The molecule has 0 saturated heterocycles. The molecular weight excluding hydrogens is 1160 g/mol. The second-order valence-electron chi connectivity index (χ2n) is 21.6. The quantitative estimate of drug-likeness (QED) is 0.0128. The molecule has 484 valence electrons. The summed E-state index contributed by atoms with van der Waals surface area (Å²) < 4.78 is 26.5. The largest absolute Gasteiger partial charge is 0.507 e. The molecule has 0 aliphatic rings. The lowest BCUT2D eigenvalue weighted by Gasteiger charge is -2.09. The van der Waals surface area contributed by atoms with Gasteiger partial charge in [-0.25, -0.2) is 4.79 Å². The maximum Gasteiger partial charge on any atom is 0.330 e. The number of ketones is 4. The van der Waals surface area contributed by atoms with E-state index in [4.69, 9.17) is 23.7 Å². The van der Waals surface area contributed by atoms with Crippen LogP contribution in [0, 0.1) is 0 Å². The molecule has 0 unspecified atom stereocenters. The van der Waals surface area contributed by atoms with E-state index in [9.17, 15) is 44.4 Å². The number of aromatic hydroxyl groups is 4. The van der Waals surface area contributed by atoms with E-state index in [0.29, 0.717) is 69.6 Å². The number of hydrogen-bond donors (Lipinski definition) is 4. The molecule has 8 rings (SSSR count). The number of esters is 1. The van der Waals surface area contributed by atoms with E-state index in [0.717, 1.165) is 25.3 Å². The number of ether oxygens (including phenoxy) is 5. The zero-order valence-corrected chi connectivity index (χ0v) is 53.3. The minimum atomic E-state index is -0.528. The van der Waals surface area contributed by atoms with Crippen LogP contribution in [0.2, 0.25) is 0 Å². The van der Waals surface area contributed by atoms with Crippen LogP contribution in [-0.2, 0) is 9.53 Å². The average Bonchev–Trinajstić information content (AvgIpc) is 0.980. The van der Waals surface area contributed by atoms with Crippen LogP contribution in [0.5, 0.6) is 46.0 Å². The van der Waals surface area contributed by atoms with Gasteiger partial charge >= 0.3 is 5.97 Å². The molecule has 0 aromatic heterocycles. The van der Waals surface area contributed by atoms with Crippen molar-refractivity contribution in [1.29, 1.82) is 0 Å². The summed E-state index contributed by atoms with van der Waals surface area (Å²) in [5.41, 5.74) is 3.25. The van der Waals surface area contributed by atoms with Crippen LogP contribution in [0.4, 0.5) is 0 Å². The number of phenolic OH excluding ortho intramolecular Hbond substituents is 4. The molecule has 0 atom stereocenters. The minimum absolute atomic E-state index is 0.0329. The monoisotopic (exact) mass is 1250 g/mol. The summed E-state index contributed by atoms with van der Waals surface area (Å²) in [6.45, 7) is 9.22. The normalized spacial score (nSPS) is 10.3. The number of rotatable bonds is 34. The number of methoxy groups -OCH3 is 1. The van der Waals surface area contributed by atoms with Gasteiger partial charge in [0.05, 0.1) is 42.6 Å². The van der Waals surface area contributed by atoms with Crippen LogP contribution in [-0.4, -0.2) is 83.1 Å². The Balaban J connectivity index is 0.000000225. The lowest BCUT2D eigenvalue weighted by molar-refractivity contribution is -0.138. The first kappa shape index (κ1) is 72.8. The van der Waals surface area contributed by atoms with E-state index in [-0.39, 0.29) is 70.5 Å². The third-order valence-electron chi connectivity index (χ3n) is 14.5. The second kappa shape index (κ2) is 42.1. The van der Waals surface area contributed by atoms with Gasteiger partial charge in [-0.15, -0.1) is 0 Å². The first-order valence-electron chi connectivity index (χ1n) is 31.7. The summed E-state index contributed by atoms with van der Waals surface area (Å²) in [7, 11) is 1.51. The lowest BCUT2D eigenvalue weighted by atomic mass is 10.0. The maximum atomic E-state index is 12.4. The van der Waals surface area contributed by atoms with Gasteiger partial charge in [0.1, 0.15) is 59.2 Å². The van der Waals surface area contributed by atoms with Gasteiger partial charge < -0.3 is 44.1 Å². The fourth-order valence-electron chi connectivity index (χ4n) is 9.40. The average molecular weight is 1250 g/mol. The molecule has 0 fully saturated rings. The SMILES string of the molecule is C=CC(=O)OCCOc1ccc(C(=O)c2ccccc2)c(O)c1.CCCCCCCCCCCCOc1ccc(C(=O)c2ccccc2)c(O)c1.CCCCCCCCOc1ccc(C(=O)c2ccccc2)c(O)c1.COc1ccc(C(=O)c2ccccc2)c(O)c1. The second-order valence-corrected chi connectivity index (χ2v) is 21.6. The highest BCUT2D eigenvalue weighted by molar-refractivity contribution is 6.12. The number of carbonyl (C=O) groups is 5. The van der Waals surface area contributed by atoms with Crippen LogP contribution < -0.4 is 18.9 Å². The first-order valence-corrected chi connectivity index (χ1v) is 31.7. The molecule has 8 aromatic carbocycles. The van der Waals surface area contributed by atoms with Crippen molar-refractivity contribution >= 4 is 29.1 Å². The molecule has 14 nitrogen and oxygen atoms in total. The van der Waals surface area contributed by atoms with Gasteiger partial charge in [0.25, 0.3) is 0 Å². The van der Waals surface area contributed by atoms with Crippen LogP contribution in [0.15, 0.2) is 207 Å². The van der Waals surface area contributed by atoms with Crippen LogP contribution >= 0.6 is 0 Å².